The Hall–Kier alpha value is -2.31. The maximum Gasteiger partial charge on any atom is 0.163 e. The molecule has 0 bridgehead atoms. The van der Waals surface area contributed by atoms with Crippen molar-refractivity contribution >= 4 is 10.8 Å². The van der Waals surface area contributed by atoms with Crippen molar-refractivity contribution in [3.63, 3.8) is 0 Å². The predicted octanol–water partition coefficient (Wildman–Crippen LogP) is 3.07. The zero-order valence-electron chi connectivity index (χ0n) is 11.7. The monoisotopic (exact) mass is 264 g/mol. The van der Waals surface area contributed by atoms with Crippen LogP contribution in [0.4, 0.5) is 0 Å². The van der Waals surface area contributed by atoms with Gasteiger partial charge < -0.3 is 4.74 Å². The molecule has 1 aliphatic heterocycles. The molecule has 20 heavy (non-hydrogen) atoms. The van der Waals surface area contributed by atoms with Crippen LogP contribution in [-0.4, -0.2) is 25.6 Å². The van der Waals surface area contributed by atoms with Gasteiger partial charge in [0.1, 0.15) is 12.4 Å². The van der Waals surface area contributed by atoms with Crippen molar-refractivity contribution in [3.05, 3.63) is 54.1 Å². The van der Waals surface area contributed by atoms with Gasteiger partial charge in [-0.25, -0.2) is 0 Å². The average Bonchev–Trinajstić information content (AvgIpc) is 2.47. The molecule has 2 aromatic carbocycles. The van der Waals surface area contributed by atoms with Gasteiger partial charge in [-0.15, -0.1) is 0 Å². The molecule has 0 amide bonds. The number of fused-ring (bicyclic) bond motifs is 3. The van der Waals surface area contributed by atoms with Crippen LogP contribution < -0.4 is 4.74 Å². The number of likely N-dealkylation sites (N-methyl/N-ethyl adjacent to an activating group) is 1. The molecular formula is C17H16N2O. The lowest BCUT2D eigenvalue weighted by Gasteiger charge is -2.40. The molecule has 100 valence electrons. The Labute approximate surface area is 118 Å². The second-order valence-electron chi connectivity index (χ2n) is 5.27. The quantitative estimate of drug-likeness (QED) is 0.743. The van der Waals surface area contributed by atoms with E-state index in [0.29, 0.717) is 6.61 Å². The van der Waals surface area contributed by atoms with E-state index in [9.17, 15) is 5.26 Å². The van der Waals surface area contributed by atoms with E-state index >= 15 is 0 Å². The smallest absolute Gasteiger partial charge is 0.163 e. The molecule has 0 N–H and O–H groups in total. The topological polar surface area (TPSA) is 36.3 Å². The average molecular weight is 264 g/mol. The highest BCUT2D eigenvalue weighted by Crippen LogP contribution is 2.45. The molecule has 2 aromatic rings. The van der Waals surface area contributed by atoms with Crippen LogP contribution in [-0.2, 0) is 5.54 Å². The molecule has 1 unspecified atom stereocenters. The van der Waals surface area contributed by atoms with Crippen molar-refractivity contribution in [2.45, 2.75) is 5.54 Å². The van der Waals surface area contributed by atoms with Gasteiger partial charge in [-0.3, -0.25) is 4.90 Å². The molecule has 1 heterocycles. The lowest BCUT2D eigenvalue weighted by molar-refractivity contribution is 0.200. The fourth-order valence-corrected chi connectivity index (χ4v) is 2.97. The summed E-state index contributed by atoms with van der Waals surface area (Å²) < 4.78 is 5.77. The van der Waals surface area contributed by atoms with Gasteiger partial charge in [-0.1, -0.05) is 36.9 Å². The second kappa shape index (κ2) is 4.36. The number of hydrogen-bond acceptors (Lipinski definition) is 3. The molecule has 3 heteroatoms. The van der Waals surface area contributed by atoms with Gasteiger partial charge in [0.05, 0.1) is 6.07 Å². The normalized spacial score (nSPS) is 21.4. The summed E-state index contributed by atoms with van der Waals surface area (Å²) >= 11 is 0. The highest BCUT2D eigenvalue weighted by molar-refractivity contribution is 5.90. The minimum atomic E-state index is -0.839. The van der Waals surface area contributed by atoms with Crippen molar-refractivity contribution in [2.24, 2.45) is 0 Å². The minimum Gasteiger partial charge on any atom is -0.489 e. The third-order valence-electron chi connectivity index (χ3n) is 4.00. The molecule has 0 saturated carbocycles. The zero-order valence-corrected chi connectivity index (χ0v) is 11.7. The van der Waals surface area contributed by atoms with Gasteiger partial charge in [0.15, 0.2) is 5.54 Å². The van der Waals surface area contributed by atoms with Crippen LogP contribution >= 0.6 is 0 Å². The van der Waals surface area contributed by atoms with Gasteiger partial charge in [0.2, 0.25) is 0 Å². The standard InChI is InChI=1S/C17H16N2O/c1-12-10-20-15-9-8-13-6-4-5-7-14(13)16(15)17(12,11-18)19(2)3/h4-9H,1,10H2,2-3H3. The third kappa shape index (κ3) is 1.49. The van der Waals surface area contributed by atoms with E-state index in [1.807, 2.05) is 55.4 Å². The van der Waals surface area contributed by atoms with Crippen LogP contribution in [0.3, 0.4) is 0 Å². The summed E-state index contributed by atoms with van der Waals surface area (Å²) in [5.41, 5.74) is 0.835. The summed E-state index contributed by atoms with van der Waals surface area (Å²) in [5.74, 6) is 0.770. The zero-order chi connectivity index (χ0) is 14.3. The van der Waals surface area contributed by atoms with Crippen LogP contribution in [0.15, 0.2) is 48.6 Å². The predicted molar refractivity (Wildman–Crippen MR) is 79.6 cm³/mol. The molecule has 3 rings (SSSR count). The van der Waals surface area contributed by atoms with Gasteiger partial charge in [0.25, 0.3) is 0 Å². The second-order valence-corrected chi connectivity index (χ2v) is 5.27. The molecular weight excluding hydrogens is 248 g/mol. The van der Waals surface area contributed by atoms with E-state index in [2.05, 4.69) is 12.6 Å². The Kier molecular flexibility index (Phi) is 2.77. The highest BCUT2D eigenvalue weighted by atomic mass is 16.5. The van der Waals surface area contributed by atoms with Gasteiger partial charge >= 0.3 is 0 Å². The third-order valence-corrected chi connectivity index (χ3v) is 4.00. The van der Waals surface area contributed by atoms with Crippen molar-refractivity contribution in [3.8, 4) is 11.8 Å². The van der Waals surface area contributed by atoms with Crippen LogP contribution in [0.1, 0.15) is 5.56 Å². The minimum absolute atomic E-state index is 0.372. The molecule has 0 aromatic heterocycles. The number of hydrogen-bond donors (Lipinski definition) is 0. The van der Waals surface area contributed by atoms with E-state index in [-0.39, 0.29) is 0 Å². The van der Waals surface area contributed by atoms with Gasteiger partial charge in [-0.05, 0) is 36.5 Å². The lowest BCUT2D eigenvalue weighted by Crippen LogP contribution is -2.45. The molecule has 1 atom stereocenters. The largest absolute Gasteiger partial charge is 0.489 e. The molecule has 3 nitrogen and oxygen atoms in total. The van der Waals surface area contributed by atoms with E-state index in [1.54, 1.807) is 0 Å². The summed E-state index contributed by atoms with van der Waals surface area (Å²) in [6.45, 7) is 4.45. The summed E-state index contributed by atoms with van der Waals surface area (Å²) in [7, 11) is 3.82. The number of rotatable bonds is 1. The maximum absolute atomic E-state index is 9.88. The fourth-order valence-electron chi connectivity index (χ4n) is 2.97. The van der Waals surface area contributed by atoms with Crippen LogP contribution in [0.2, 0.25) is 0 Å². The van der Waals surface area contributed by atoms with E-state index in [1.165, 1.54) is 0 Å². The van der Waals surface area contributed by atoms with Crippen molar-refractivity contribution < 1.29 is 4.74 Å². The highest BCUT2D eigenvalue weighted by Gasteiger charge is 2.44. The molecule has 0 radical (unpaired) electrons. The van der Waals surface area contributed by atoms with Gasteiger partial charge in [-0.2, -0.15) is 5.26 Å². The first-order valence-corrected chi connectivity index (χ1v) is 6.53. The van der Waals surface area contributed by atoms with E-state index in [0.717, 1.165) is 27.7 Å². The maximum atomic E-state index is 9.88. The Morgan fingerprint density at radius 3 is 2.70 bits per heavy atom. The Morgan fingerprint density at radius 1 is 1.25 bits per heavy atom. The van der Waals surface area contributed by atoms with Crippen molar-refractivity contribution in [1.82, 2.24) is 4.90 Å². The first-order valence-electron chi connectivity index (χ1n) is 6.53. The fraction of sp³-hybridized carbons (Fsp3) is 0.235. The Morgan fingerprint density at radius 2 is 2.00 bits per heavy atom. The summed E-state index contributed by atoms with van der Waals surface area (Å²) in [5, 5.41) is 12.0. The Bertz CT molecular complexity index is 742. The number of nitriles is 1. The SMILES string of the molecule is C=C1COc2ccc3ccccc3c2C1(C#N)N(C)C. The molecule has 0 spiro atoms. The summed E-state index contributed by atoms with van der Waals surface area (Å²) in [6.07, 6.45) is 0. The van der Waals surface area contributed by atoms with E-state index in [4.69, 9.17) is 4.74 Å². The molecule has 0 fully saturated rings. The first-order chi connectivity index (χ1) is 9.61. The Balaban J connectivity index is 2.46. The van der Waals surface area contributed by atoms with Gasteiger partial charge in [0, 0.05) is 5.56 Å². The first kappa shape index (κ1) is 12.7. The number of nitrogens with zero attached hydrogens (tertiary/aromatic N) is 2. The molecule has 0 saturated heterocycles. The van der Waals surface area contributed by atoms with Crippen molar-refractivity contribution in [2.75, 3.05) is 20.7 Å². The van der Waals surface area contributed by atoms with Crippen LogP contribution in [0, 0.1) is 11.3 Å². The molecule has 0 aliphatic carbocycles. The summed E-state index contributed by atoms with van der Waals surface area (Å²) in [6, 6.07) is 14.5. The summed E-state index contributed by atoms with van der Waals surface area (Å²) in [4.78, 5) is 1.92. The number of ether oxygens (including phenoxy) is 1. The van der Waals surface area contributed by atoms with Crippen molar-refractivity contribution in [1.29, 1.82) is 5.26 Å². The van der Waals surface area contributed by atoms with Crippen LogP contribution in [0.5, 0.6) is 5.75 Å². The number of benzene rings is 2. The molecule has 1 aliphatic rings. The van der Waals surface area contributed by atoms with E-state index < -0.39 is 5.54 Å². The lowest BCUT2D eigenvalue weighted by atomic mass is 9.79. The van der Waals surface area contributed by atoms with Crippen LogP contribution in [0.25, 0.3) is 10.8 Å².